The first-order chi connectivity index (χ1) is 17.6. The molecule has 3 aromatic carbocycles. The standard InChI is InChI=1S/C32H37N3O/c1-3-35-23-30(28-11-7-8-12-31(28)35)29(26-15-13-24(2)14-16-26)21-32(36)33-27-17-19-34(20-18-27)22-25-9-5-4-6-10-25/h4-16,23,27,29H,3,17-22H2,1-2H3,(H,33,36)/t29-/m0/s1. The molecule has 36 heavy (non-hydrogen) atoms. The summed E-state index contributed by atoms with van der Waals surface area (Å²) in [5, 5.41) is 4.62. The molecule has 1 saturated heterocycles. The van der Waals surface area contributed by atoms with Crippen molar-refractivity contribution in [3.05, 3.63) is 107 Å². The van der Waals surface area contributed by atoms with Crippen molar-refractivity contribution in [1.29, 1.82) is 0 Å². The molecule has 1 fully saturated rings. The minimum Gasteiger partial charge on any atom is -0.353 e. The summed E-state index contributed by atoms with van der Waals surface area (Å²) in [6.07, 6.45) is 4.72. The molecule has 4 heteroatoms. The Balaban J connectivity index is 1.29. The molecule has 1 aromatic heterocycles. The highest BCUT2D eigenvalue weighted by Crippen LogP contribution is 2.35. The topological polar surface area (TPSA) is 37.3 Å². The lowest BCUT2D eigenvalue weighted by Gasteiger charge is -2.32. The van der Waals surface area contributed by atoms with Gasteiger partial charge in [-0.2, -0.15) is 0 Å². The van der Waals surface area contributed by atoms with Gasteiger partial charge in [-0.15, -0.1) is 0 Å². The lowest BCUT2D eigenvalue weighted by Crippen LogP contribution is -2.44. The third-order valence-corrected chi connectivity index (χ3v) is 7.61. The fraction of sp³-hybridized carbons (Fsp3) is 0.344. The number of hydrogen-bond acceptors (Lipinski definition) is 2. The van der Waals surface area contributed by atoms with E-state index in [1.807, 2.05) is 0 Å². The summed E-state index contributed by atoms with van der Waals surface area (Å²) in [4.78, 5) is 15.9. The maximum Gasteiger partial charge on any atom is 0.221 e. The van der Waals surface area contributed by atoms with Gasteiger partial charge in [0.15, 0.2) is 0 Å². The van der Waals surface area contributed by atoms with Crippen LogP contribution in [0.2, 0.25) is 0 Å². The summed E-state index contributed by atoms with van der Waals surface area (Å²) < 4.78 is 2.30. The number of nitrogens with zero attached hydrogens (tertiary/aromatic N) is 2. The summed E-state index contributed by atoms with van der Waals surface area (Å²) in [5.74, 6) is 0.178. The lowest BCUT2D eigenvalue weighted by atomic mass is 9.87. The summed E-state index contributed by atoms with van der Waals surface area (Å²) in [6, 6.07) is 28.1. The van der Waals surface area contributed by atoms with E-state index in [1.54, 1.807) is 0 Å². The quantitative estimate of drug-likeness (QED) is 0.323. The number of carbonyl (C=O) groups excluding carboxylic acids is 1. The molecule has 1 atom stereocenters. The fourth-order valence-electron chi connectivity index (χ4n) is 5.57. The Kier molecular flexibility index (Phi) is 7.52. The van der Waals surface area contributed by atoms with E-state index in [9.17, 15) is 4.79 Å². The van der Waals surface area contributed by atoms with Gasteiger partial charge in [-0.05, 0) is 49.4 Å². The maximum absolute atomic E-state index is 13.4. The first-order valence-electron chi connectivity index (χ1n) is 13.3. The molecule has 5 rings (SSSR count). The van der Waals surface area contributed by atoms with Crippen molar-refractivity contribution >= 4 is 16.8 Å². The van der Waals surface area contributed by atoms with Crippen LogP contribution in [0.3, 0.4) is 0 Å². The zero-order valence-corrected chi connectivity index (χ0v) is 21.5. The number of hydrogen-bond donors (Lipinski definition) is 1. The van der Waals surface area contributed by atoms with Gasteiger partial charge >= 0.3 is 0 Å². The van der Waals surface area contributed by atoms with Crippen molar-refractivity contribution in [1.82, 2.24) is 14.8 Å². The highest BCUT2D eigenvalue weighted by atomic mass is 16.1. The highest BCUT2D eigenvalue weighted by Gasteiger charge is 2.25. The number of amides is 1. The van der Waals surface area contributed by atoms with Crippen molar-refractivity contribution in [3.8, 4) is 0 Å². The van der Waals surface area contributed by atoms with Gasteiger partial charge in [-0.25, -0.2) is 0 Å². The van der Waals surface area contributed by atoms with Crippen molar-refractivity contribution < 1.29 is 4.79 Å². The van der Waals surface area contributed by atoms with Crippen LogP contribution in [0.15, 0.2) is 85.1 Å². The monoisotopic (exact) mass is 479 g/mol. The number of piperidine rings is 1. The molecule has 1 aliphatic rings. The van der Waals surface area contributed by atoms with Crippen LogP contribution in [0.4, 0.5) is 0 Å². The minimum absolute atomic E-state index is 0.0291. The second-order valence-corrected chi connectivity index (χ2v) is 10.2. The molecule has 0 radical (unpaired) electrons. The van der Waals surface area contributed by atoms with Crippen LogP contribution in [-0.2, 0) is 17.9 Å². The van der Waals surface area contributed by atoms with Gasteiger partial charge in [0.25, 0.3) is 0 Å². The molecule has 4 aromatic rings. The molecule has 186 valence electrons. The number of carbonyl (C=O) groups is 1. The molecular weight excluding hydrogens is 442 g/mol. The molecule has 1 N–H and O–H groups in total. The van der Waals surface area contributed by atoms with Crippen LogP contribution in [0.1, 0.15) is 54.4 Å². The second-order valence-electron chi connectivity index (χ2n) is 10.2. The van der Waals surface area contributed by atoms with Crippen LogP contribution in [-0.4, -0.2) is 34.5 Å². The first kappa shape index (κ1) is 24.3. The van der Waals surface area contributed by atoms with Gasteiger partial charge < -0.3 is 9.88 Å². The Labute approximate surface area is 214 Å². The van der Waals surface area contributed by atoms with Gasteiger partial charge in [0.05, 0.1) is 0 Å². The first-order valence-corrected chi connectivity index (χ1v) is 13.3. The zero-order chi connectivity index (χ0) is 24.9. The minimum atomic E-state index is 0.0291. The Bertz CT molecular complexity index is 1280. The molecule has 0 saturated carbocycles. The number of para-hydroxylation sites is 1. The summed E-state index contributed by atoms with van der Waals surface area (Å²) in [5.41, 5.74) is 6.27. The van der Waals surface area contributed by atoms with Crippen LogP contribution in [0.5, 0.6) is 0 Å². The molecule has 4 nitrogen and oxygen atoms in total. The zero-order valence-electron chi connectivity index (χ0n) is 21.5. The number of aryl methyl sites for hydroxylation is 2. The Morgan fingerprint density at radius 2 is 1.64 bits per heavy atom. The third-order valence-electron chi connectivity index (χ3n) is 7.61. The van der Waals surface area contributed by atoms with E-state index in [4.69, 9.17) is 0 Å². The van der Waals surface area contributed by atoms with Crippen molar-refractivity contribution in [2.24, 2.45) is 0 Å². The molecule has 1 aliphatic heterocycles. The molecular formula is C32H37N3O. The van der Waals surface area contributed by atoms with Crippen molar-refractivity contribution in [3.63, 3.8) is 0 Å². The number of fused-ring (bicyclic) bond motifs is 1. The molecule has 1 amide bonds. The lowest BCUT2D eigenvalue weighted by molar-refractivity contribution is -0.122. The Morgan fingerprint density at radius 1 is 0.944 bits per heavy atom. The van der Waals surface area contributed by atoms with E-state index >= 15 is 0 Å². The predicted molar refractivity (Wildman–Crippen MR) is 148 cm³/mol. The average molecular weight is 480 g/mol. The average Bonchev–Trinajstić information content (AvgIpc) is 3.28. The number of rotatable bonds is 8. The van der Waals surface area contributed by atoms with E-state index < -0.39 is 0 Å². The third kappa shape index (κ3) is 5.55. The number of benzene rings is 3. The largest absolute Gasteiger partial charge is 0.353 e. The van der Waals surface area contributed by atoms with E-state index in [1.165, 1.54) is 33.2 Å². The smallest absolute Gasteiger partial charge is 0.221 e. The van der Waals surface area contributed by atoms with Gasteiger partial charge in [0, 0.05) is 61.7 Å². The summed E-state index contributed by atoms with van der Waals surface area (Å²) >= 11 is 0. The van der Waals surface area contributed by atoms with E-state index in [0.29, 0.717) is 6.42 Å². The van der Waals surface area contributed by atoms with Crippen LogP contribution in [0, 0.1) is 6.92 Å². The second kappa shape index (κ2) is 11.1. The normalized spacial score (nSPS) is 15.7. The molecule has 0 bridgehead atoms. The number of nitrogens with one attached hydrogen (secondary N) is 1. The maximum atomic E-state index is 13.4. The fourth-order valence-corrected chi connectivity index (χ4v) is 5.57. The van der Waals surface area contributed by atoms with Crippen molar-refractivity contribution in [2.45, 2.75) is 58.2 Å². The molecule has 0 aliphatic carbocycles. The van der Waals surface area contributed by atoms with Gasteiger partial charge in [0.2, 0.25) is 5.91 Å². The number of likely N-dealkylation sites (tertiary alicyclic amines) is 1. The Hall–Kier alpha value is -3.37. The predicted octanol–water partition coefficient (Wildman–Crippen LogP) is 6.27. The van der Waals surface area contributed by atoms with Crippen molar-refractivity contribution in [2.75, 3.05) is 13.1 Å². The summed E-state index contributed by atoms with van der Waals surface area (Å²) in [6.45, 7) is 8.22. The molecule has 0 unspecified atom stereocenters. The van der Waals surface area contributed by atoms with E-state index in [-0.39, 0.29) is 17.9 Å². The van der Waals surface area contributed by atoms with E-state index in [2.05, 4.69) is 114 Å². The molecule has 0 spiro atoms. The van der Waals surface area contributed by atoms with Crippen LogP contribution >= 0.6 is 0 Å². The SMILES string of the molecule is CCn1cc([C@@H](CC(=O)NC2CCN(Cc3ccccc3)CC2)c2ccc(C)cc2)c2ccccc21. The van der Waals surface area contributed by atoms with Crippen LogP contribution in [0.25, 0.3) is 10.9 Å². The van der Waals surface area contributed by atoms with E-state index in [0.717, 1.165) is 39.0 Å². The number of aromatic nitrogens is 1. The van der Waals surface area contributed by atoms with Crippen LogP contribution < -0.4 is 5.32 Å². The highest BCUT2D eigenvalue weighted by molar-refractivity contribution is 5.86. The Morgan fingerprint density at radius 3 is 2.36 bits per heavy atom. The summed E-state index contributed by atoms with van der Waals surface area (Å²) in [7, 11) is 0. The van der Waals surface area contributed by atoms with Gasteiger partial charge in [-0.3, -0.25) is 9.69 Å². The van der Waals surface area contributed by atoms with Gasteiger partial charge in [0.1, 0.15) is 0 Å². The van der Waals surface area contributed by atoms with Gasteiger partial charge in [-0.1, -0.05) is 78.4 Å². The molecule has 2 heterocycles.